The van der Waals surface area contributed by atoms with Crippen molar-refractivity contribution in [2.75, 3.05) is 11.1 Å². The number of hydrogen-bond acceptors (Lipinski definition) is 3. The van der Waals surface area contributed by atoms with Crippen molar-refractivity contribution in [3.8, 4) is 11.1 Å². The van der Waals surface area contributed by atoms with E-state index in [9.17, 15) is 4.79 Å². The van der Waals surface area contributed by atoms with E-state index in [0.29, 0.717) is 16.9 Å². The fraction of sp³-hybridized carbons (Fsp3) is 0.0526. The van der Waals surface area contributed by atoms with Gasteiger partial charge in [-0.05, 0) is 42.8 Å². The van der Waals surface area contributed by atoms with E-state index < -0.39 is 0 Å². The Labute approximate surface area is 135 Å². The SMILES string of the molecule is Cc1ccc(C(=O)Nc2cc(-c3cccnc3)ccc2N)cc1. The highest BCUT2D eigenvalue weighted by atomic mass is 16.1. The summed E-state index contributed by atoms with van der Waals surface area (Å²) in [4.78, 5) is 16.5. The van der Waals surface area contributed by atoms with E-state index in [1.807, 2.05) is 43.3 Å². The third-order valence-corrected chi connectivity index (χ3v) is 3.61. The fourth-order valence-corrected chi connectivity index (χ4v) is 2.28. The zero-order valence-electron chi connectivity index (χ0n) is 12.8. The van der Waals surface area contributed by atoms with Crippen molar-refractivity contribution in [3.05, 3.63) is 78.1 Å². The predicted molar refractivity (Wildman–Crippen MR) is 93.2 cm³/mol. The van der Waals surface area contributed by atoms with E-state index in [-0.39, 0.29) is 5.91 Å². The highest BCUT2D eigenvalue weighted by Gasteiger charge is 2.09. The maximum absolute atomic E-state index is 12.3. The van der Waals surface area contributed by atoms with Crippen LogP contribution in [-0.4, -0.2) is 10.9 Å². The minimum Gasteiger partial charge on any atom is -0.397 e. The molecule has 0 aliphatic heterocycles. The summed E-state index contributed by atoms with van der Waals surface area (Å²) in [7, 11) is 0. The molecule has 3 rings (SSSR count). The molecule has 3 N–H and O–H groups in total. The number of hydrogen-bond donors (Lipinski definition) is 2. The summed E-state index contributed by atoms with van der Waals surface area (Å²) in [5.41, 5.74) is 10.7. The van der Waals surface area contributed by atoms with Crippen molar-refractivity contribution in [1.82, 2.24) is 4.98 Å². The monoisotopic (exact) mass is 303 g/mol. The van der Waals surface area contributed by atoms with Gasteiger partial charge in [-0.1, -0.05) is 29.8 Å². The number of aromatic nitrogens is 1. The average Bonchev–Trinajstić information content (AvgIpc) is 2.58. The molecule has 0 aliphatic rings. The molecule has 1 heterocycles. The van der Waals surface area contributed by atoms with Gasteiger partial charge in [0.15, 0.2) is 0 Å². The van der Waals surface area contributed by atoms with E-state index in [0.717, 1.165) is 16.7 Å². The molecule has 0 bridgehead atoms. The van der Waals surface area contributed by atoms with Gasteiger partial charge in [0.2, 0.25) is 0 Å². The second-order valence-corrected chi connectivity index (χ2v) is 5.36. The van der Waals surface area contributed by atoms with Crippen molar-refractivity contribution in [3.63, 3.8) is 0 Å². The number of nitrogens with two attached hydrogens (primary N) is 1. The lowest BCUT2D eigenvalue weighted by molar-refractivity contribution is 0.102. The second-order valence-electron chi connectivity index (χ2n) is 5.36. The molecule has 4 heteroatoms. The van der Waals surface area contributed by atoms with E-state index in [4.69, 9.17) is 5.73 Å². The summed E-state index contributed by atoms with van der Waals surface area (Å²) in [6, 6.07) is 16.8. The topological polar surface area (TPSA) is 68.0 Å². The minimum atomic E-state index is -0.181. The van der Waals surface area contributed by atoms with Gasteiger partial charge >= 0.3 is 0 Å². The van der Waals surface area contributed by atoms with Gasteiger partial charge in [-0.15, -0.1) is 0 Å². The number of nitrogens with one attached hydrogen (secondary N) is 1. The van der Waals surface area contributed by atoms with E-state index >= 15 is 0 Å². The van der Waals surface area contributed by atoms with Crippen molar-refractivity contribution in [1.29, 1.82) is 0 Å². The summed E-state index contributed by atoms with van der Waals surface area (Å²) in [5.74, 6) is -0.181. The molecule has 114 valence electrons. The fourth-order valence-electron chi connectivity index (χ4n) is 2.28. The normalized spacial score (nSPS) is 10.3. The van der Waals surface area contributed by atoms with E-state index in [1.165, 1.54) is 0 Å². The van der Waals surface area contributed by atoms with E-state index in [1.54, 1.807) is 30.6 Å². The Morgan fingerprint density at radius 2 is 1.83 bits per heavy atom. The van der Waals surface area contributed by atoms with Crippen molar-refractivity contribution in [2.24, 2.45) is 0 Å². The lowest BCUT2D eigenvalue weighted by Gasteiger charge is -2.11. The molecule has 0 saturated carbocycles. The summed E-state index contributed by atoms with van der Waals surface area (Å²) in [6.45, 7) is 1.98. The first-order valence-corrected chi connectivity index (χ1v) is 7.31. The predicted octanol–water partition coefficient (Wildman–Crippen LogP) is 3.89. The third kappa shape index (κ3) is 3.37. The summed E-state index contributed by atoms with van der Waals surface area (Å²) < 4.78 is 0. The van der Waals surface area contributed by atoms with Gasteiger partial charge in [-0.2, -0.15) is 0 Å². The number of anilines is 2. The maximum atomic E-state index is 12.3. The zero-order chi connectivity index (χ0) is 16.2. The highest BCUT2D eigenvalue weighted by molar-refractivity contribution is 6.06. The number of carbonyl (C=O) groups excluding carboxylic acids is 1. The Morgan fingerprint density at radius 3 is 2.52 bits per heavy atom. The largest absolute Gasteiger partial charge is 0.397 e. The average molecular weight is 303 g/mol. The van der Waals surface area contributed by atoms with Crippen LogP contribution in [0.3, 0.4) is 0 Å². The molecule has 0 atom stereocenters. The quantitative estimate of drug-likeness (QED) is 0.721. The molecule has 4 nitrogen and oxygen atoms in total. The summed E-state index contributed by atoms with van der Waals surface area (Å²) >= 11 is 0. The van der Waals surface area contributed by atoms with Crippen molar-refractivity contribution < 1.29 is 4.79 Å². The summed E-state index contributed by atoms with van der Waals surface area (Å²) in [6.07, 6.45) is 3.50. The van der Waals surface area contributed by atoms with Crippen LogP contribution in [0.1, 0.15) is 15.9 Å². The van der Waals surface area contributed by atoms with E-state index in [2.05, 4.69) is 10.3 Å². The van der Waals surface area contributed by atoms with Gasteiger partial charge in [-0.3, -0.25) is 9.78 Å². The van der Waals surface area contributed by atoms with Crippen LogP contribution >= 0.6 is 0 Å². The van der Waals surface area contributed by atoms with Crippen LogP contribution in [0.2, 0.25) is 0 Å². The van der Waals surface area contributed by atoms with Gasteiger partial charge in [0.05, 0.1) is 11.4 Å². The van der Waals surface area contributed by atoms with Crippen LogP contribution in [0, 0.1) is 6.92 Å². The second kappa shape index (κ2) is 6.32. The number of carbonyl (C=O) groups is 1. The zero-order valence-corrected chi connectivity index (χ0v) is 12.8. The standard InChI is InChI=1S/C19H17N3O/c1-13-4-6-14(7-5-13)19(23)22-18-11-15(8-9-17(18)20)16-3-2-10-21-12-16/h2-12H,20H2,1H3,(H,22,23). The van der Waals surface area contributed by atoms with Crippen LogP contribution in [0.25, 0.3) is 11.1 Å². The molecule has 0 saturated heterocycles. The van der Waals surface area contributed by atoms with Gasteiger partial charge in [0.1, 0.15) is 0 Å². The third-order valence-electron chi connectivity index (χ3n) is 3.61. The highest BCUT2D eigenvalue weighted by Crippen LogP contribution is 2.27. The Balaban J connectivity index is 1.88. The smallest absolute Gasteiger partial charge is 0.255 e. The van der Waals surface area contributed by atoms with Crippen LogP contribution in [-0.2, 0) is 0 Å². The minimum absolute atomic E-state index is 0.181. The van der Waals surface area contributed by atoms with Gasteiger partial charge in [0, 0.05) is 23.5 Å². The molecular weight excluding hydrogens is 286 g/mol. The number of nitrogens with zero attached hydrogens (tertiary/aromatic N) is 1. The van der Waals surface area contributed by atoms with Crippen molar-refractivity contribution >= 4 is 17.3 Å². The van der Waals surface area contributed by atoms with Crippen molar-refractivity contribution in [2.45, 2.75) is 6.92 Å². The summed E-state index contributed by atoms with van der Waals surface area (Å²) in [5, 5.41) is 2.87. The molecular formula is C19H17N3O. The lowest BCUT2D eigenvalue weighted by Crippen LogP contribution is -2.13. The lowest BCUT2D eigenvalue weighted by atomic mass is 10.1. The molecule has 2 aromatic carbocycles. The number of nitrogen functional groups attached to an aromatic ring is 1. The molecule has 0 spiro atoms. The molecule has 0 unspecified atom stereocenters. The molecule has 23 heavy (non-hydrogen) atoms. The maximum Gasteiger partial charge on any atom is 0.255 e. The first kappa shape index (κ1) is 14.8. The number of amides is 1. The first-order valence-electron chi connectivity index (χ1n) is 7.31. The van der Waals surface area contributed by atoms with Gasteiger partial charge in [0.25, 0.3) is 5.91 Å². The molecule has 0 radical (unpaired) electrons. The Kier molecular flexibility index (Phi) is 4.06. The van der Waals surface area contributed by atoms with Crippen LogP contribution < -0.4 is 11.1 Å². The Bertz CT molecular complexity index is 827. The van der Waals surface area contributed by atoms with Gasteiger partial charge in [-0.25, -0.2) is 0 Å². The Morgan fingerprint density at radius 1 is 1.04 bits per heavy atom. The molecule has 3 aromatic rings. The van der Waals surface area contributed by atoms with Crippen LogP contribution in [0.4, 0.5) is 11.4 Å². The molecule has 0 aliphatic carbocycles. The number of aryl methyl sites for hydroxylation is 1. The number of benzene rings is 2. The molecule has 0 fully saturated rings. The van der Waals surface area contributed by atoms with Crippen LogP contribution in [0.15, 0.2) is 67.0 Å². The molecule has 1 aromatic heterocycles. The molecule has 1 amide bonds. The van der Waals surface area contributed by atoms with Crippen LogP contribution in [0.5, 0.6) is 0 Å². The number of pyridine rings is 1. The Hall–Kier alpha value is -3.14. The first-order chi connectivity index (χ1) is 11.1. The number of rotatable bonds is 3. The van der Waals surface area contributed by atoms with Gasteiger partial charge < -0.3 is 11.1 Å².